The lowest BCUT2D eigenvalue weighted by Gasteiger charge is -2.27. The van der Waals surface area contributed by atoms with Crippen LogP contribution in [0.3, 0.4) is 0 Å². The standard InChI is InChI=1S/C15H22N2O2S2/c1-10-9-11(14(16)20)6-7-12(10)21(18,19)17-13-5-4-8-15(13,2)3/h6-7,9,13,17H,4-5,8H2,1-3H3,(H2,16,20). The van der Waals surface area contributed by atoms with Crippen LogP contribution in [0.15, 0.2) is 23.1 Å². The van der Waals surface area contributed by atoms with Crippen molar-refractivity contribution in [3.05, 3.63) is 29.3 Å². The van der Waals surface area contributed by atoms with Crippen LogP contribution in [0, 0.1) is 12.3 Å². The summed E-state index contributed by atoms with van der Waals surface area (Å²) in [4.78, 5) is 0.567. The second-order valence-electron chi connectivity index (χ2n) is 6.40. The molecule has 1 fully saturated rings. The molecule has 0 heterocycles. The Kier molecular flexibility index (Phi) is 4.42. The van der Waals surface area contributed by atoms with Crippen LogP contribution in [0.4, 0.5) is 0 Å². The summed E-state index contributed by atoms with van der Waals surface area (Å²) in [6, 6.07) is 4.94. The van der Waals surface area contributed by atoms with Crippen LogP contribution in [0.5, 0.6) is 0 Å². The number of sulfonamides is 1. The van der Waals surface area contributed by atoms with Crippen molar-refractivity contribution >= 4 is 27.2 Å². The number of rotatable bonds is 4. The van der Waals surface area contributed by atoms with Gasteiger partial charge in [0, 0.05) is 11.6 Å². The Bertz CT molecular complexity index is 666. The fourth-order valence-corrected chi connectivity index (χ4v) is 4.70. The molecule has 1 aromatic carbocycles. The monoisotopic (exact) mass is 326 g/mol. The SMILES string of the molecule is Cc1cc(C(N)=S)ccc1S(=O)(=O)NC1CCCC1(C)C. The summed E-state index contributed by atoms with van der Waals surface area (Å²) in [7, 11) is -3.52. The number of hydrogen-bond acceptors (Lipinski definition) is 3. The van der Waals surface area contributed by atoms with Crippen molar-refractivity contribution in [2.24, 2.45) is 11.1 Å². The first-order valence-corrected chi connectivity index (χ1v) is 8.95. The van der Waals surface area contributed by atoms with Gasteiger partial charge < -0.3 is 5.73 Å². The van der Waals surface area contributed by atoms with E-state index in [1.807, 2.05) is 0 Å². The van der Waals surface area contributed by atoms with E-state index < -0.39 is 10.0 Å². The van der Waals surface area contributed by atoms with Gasteiger partial charge >= 0.3 is 0 Å². The highest BCUT2D eigenvalue weighted by molar-refractivity contribution is 7.89. The zero-order valence-electron chi connectivity index (χ0n) is 12.6. The van der Waals surface area contributed by atoms with E-state index >= 15 is 0 Å². The number of nitrogens with two attached hydrogens (primary N) is 1. The average molecular weight is 326 g/mol. The van der Waals surface area contributed by atoms with Crippen molar-refractivity contribution in [1.29, 1.82) is 0 Å². The first kappa shape index (κ1) is 16.4. The van der Waals surface area contributed by atoms with Crippen LogP contribution in [0.25, 0.3) is 0 Å². The molecule has 3 N–H and O–H groups in total. The first-order chi connectivity index (χ1) is 9.63. The van der Waals surface area contributed by atoms with Crippen molar-refractivity contribution < 1.29 is 8.42 Å². The minimum atomic E-state index is -3.52. The molecule has 1 atom stereocenters. The number of thiocarbonyl (C=S) groups is 1. The van der Waals surface area contributed by atoms with Crippen LogP contribution in [-0.4, -0.2) is 19.4 Å². The predicted molar refractivity (Wildman–Crippen MR) is 88.8 cm³/mol. The van der Waals surface area contributed by atoms with Gasteiger partial charge in [-0.25, -0.2) is 13.1 Å². The lowest BCUT2D eigenvalue weighted by molar-refractivity contribution is 0.313. The van der Waals surface area contributed by atoms with Crippen LogP contribution in [0.2, 0.25) is 0 Å². The first-order valence-electron chi connectivity index (χ1n) is 7.06. The zero-order chi connectivity index (χ0) is 15.8. The van der Waals surface area contributed by atoms with E-state index in [2.05, 4.69) is 18.6 Å². The minimum absolute atomic E-state index is 0.000258. The van der Waals surface area contributed by atoms with Gasteiger partial charge in [0.25, 0.3) is 0 Å². The molecule has 4 nitrogen and oxygen atoms in total. The fourth-order valence-electron chi connectivity index (χ4n) is 2.90. The molecule has 2 rings (SSSR count). The molecule has 1 aromatic rings. The number of benzene rings is 1. The summed E-state index contributed by atoms with van der Waals surface area (Å²) in [5.74, 6) is 0. The highest BCUT2D eigenvalue weighted by Crippen LogP contribution is 2.38. The van der Waals surface area contributed by atoms with Crippen LogP contribution >= 0.6 is 12.2 Å². The maximum atomic E-state index is 12.6. The Labute approximate surface area is 132 Å². The van der Waals surface area contributed by atoms with E-state index in [9.17, 15) is 8.42 Å². The van der Waals surface area contributed by atoms with Crippen LogP contribution in [-0.2, 0) is 10.0 Å². The van der Waals surface area contributed by atoms with Gasteiger partial charge in [-0.2, -0.15) is 0 Å². The van der Waals surface area contributed by atoms with Crippen molar-refractivity contribution in [2.75, 3.05) is 0 Å². The molecule has 1 aliphatic carbocycles. The molecule has 0 amide bonds. The van der Waals surface area contributed by atoms with E-state index in [1.54, 1.807) is 25.1 Å². The van der Waals surface area contributed by atoms with Gasteiger partial charge in [0.1, 0.15) is 4.99 Å². The summed E-state index contributed by atoms with van der Waals surface area (Å²) in [5.41, 5.74) is 6.91. The average Bonchev–Trinajstić information content (AvgIpc) is 2.67. The second kappa shape index (κ2) is 5.66. The van der Waals surface area contributed by atoms with Crippen molar-refractivity contribution in [1.82, 2.24) is 4.72 Å². The normalized spacial score (nSPS) is 21.4. The van der Waals surface area contributed by atoms with Crippen LogP contribution < -0.4 is 10.5 Å². The Hall–Kier alpha value is -0.980. The van der Waals surface area contributed by atoms with E-state index in [4.69, 9.17) is 18.0 Å². The molecular formula is C15H22N2O2S2. The minimum Gasteiger partial charge on any atom is -0.389 e. The largest absolute Gasteiger partial charge is 0.389 e. The fraction of sp³-hybridized carbons (Fsp3) is 0.533. The van der Waals surface area contributed by atoms with Crippen LogP contribution in [0.1, 0.15) is 44.2 Å². The van der Waals surface area contributed by atoms with Gasteiger partial charge in [0.05, 0.1) is 4.90 Å². The Morgan fingerprint density at radius 1 is 1.43 bits per heavy atom. The molecule has 21 heavy (non-hydrogen) atoms. The van der Waals surface area contributed by atoms with E-state index in [-0.39, 0.29) is 16.4 Å². The van der Waals surface area contributed by atoms with Gasteiger partial charge in [0.15, 0.2) is 0 Å². The zero-order valence-corrected chi connectivity index (χ0v) is 14.3. The lowest BCUT2D eigenvalue weighted by atomic mass is 9.88. The molecule has 1 unspecified atom stereocenters. The number of nitrogens with one attached hydrogen (secondary N) is 1. The lowest BCUT2D eigenvalue weighted by Crippen LogP contribution is -2.41. The molecule has 0 aromatic heterocycles. The predicted octanol–water partition coefficient (Wildman–Crippen LogP) is 2.49. The Balaban J connectivity index is 2.30. The van der Waals surface area contributed by atoms with E-state index in [0.717, 1.165) is 19.3 Å². The van der Waals surface area contributed by atoms with Gasteiger partial charge in [-0.15, -0.1) is 0 Å². The smallest absolute Gasteiger partial charge is 0.241 e. The van der Waals surface area contributed by atoms with Gasteiger partial charge in [-0.1, -0.05) is 38.6 Å². The Morgan fingerprint density at radius 3 is 2.57 bits per heavy atom. The maximum absolute atomic E-state index is 12.6. The summed E-state index contributed by atoms with van der Waals surface area (Å²) < 4.78 is 28.1. The van der Waals surface area contributed by atoms with Gasteiger partial charge in [0.2, 0.25) is 10.0 Å². The third-order valence-corrected chi connectivity index (χ3v) is 6.17. The second-order valence-corrected chi connectivity index (χ2v) is 8.52. The molecule has 0 radical (unpaired) electrons. The summed E-state index contributed by atoms with van der Waals surface area (Å²) in [5, 5.41) is 0. The van der Waals surface area contributed by atoms with Crippen molar-refractivity contribution in [2.45, 2.75) is 51.0 Å². The molecule has 0 bridgehead atoms. The third-order valence-electron chi connectivity index (χ3n) is 4.30. The molecule has 1 saturated carbocycles. The highest BCUT2D eigenvalue weighted by atomic mass is 32.2. The molecule has 1 aliphatic rings. The summed E-state index contributed by atoms with van der Waals surface area (Å²) in [6.45, 7) is 5.97. The van der Waals surface area contributed by atoms with Gasteiger partial charge in [-0.05, 0) is 42.9 Å². The quantitative estimate of drug-likeness (QED) is 0.834. The molecule has 6 heteroatoms. The number of hydrogen-bond donors (Lipinski definition) is 2. The van der Waals surface area contributed by atoms with Crippen molar-refractivity contribution in [3.63, 3.8) is 0 Å². The van der Waals surface area contributed by atoms with Gasteiger partial charge in [-0.3, -0.25) is 0 Å². The number of aryl methyl sites for hydroxylation is 1. The maximum Gasteiger partial charge on any atom is 0.241 e. The molecular weight excluding hydrogens is 304 g/mol. The molecule has 0 aliphatic heterocycles. The Morgan fingerprint density at radius 2 is 2.10 bits per heavy atom. The molecule has 116 valence electrons. The topological polar surface area (TPSA) is 72.2 Å². The molecule has 0 saturated heterocycles. The summed E-state index contributed by atoms with van der Waals surface area (Å²) in [6.07, 6.45) is 2.98. The summed E-state index contributed by atoms with van der Waals surface area (Å²) >= 11 is 4.92. The van der Waals surface area contributed by atoms with E-state index in [0.29, 0.717) is 16.0 Å². The molecule has 0 spiro atoms. The third kappa shape index (κ3) is 3.44. The van der Waals surface area contributed by atoms with Crippen molar-refractivity contribution in [3.8, 4) is 0 Å². The van der Waals surface area contributed by atoms with E-state index in [1.165, 1.54) is 0 Å². The highest BCUT2D eigenvalue weighted by Gasteiger charge is 2.37.